The van der Waals surface area contributed by atoms with Crippen LogP contribution in [0.3, 0.4) is 0 Å². The largest absolute Gasteiger partial charge is 0.378 e. The van der Waals surface area contributed by atoms with Gasteiger partial charge in [0.25, 0.3) is 5.91 Å². The summed E-state index contributed by atoms with van der Waals surface area (Å²) in [5, 5.41) is 6.63. The average molecular weight is 324 g/mol. The Morgan fingerprint density at radius 1 is 1.00 bits per heavy atom. The number of anilines is 2. The van der Waals surface area contributed by atoms with Crippen molar-refractivity contribution in [1.82, 2.24) is 5.43 Å². The number of rotatable bonds is 5. The maximum Gasteiger partial charge on any atom is 0.271 e. The van der Waals surface area contributed by atoms with Gasteiger partial charge in [-0.05, 0) is 42.0 Å². The van der Waals surface area contributed by atoms with Gasteiger partial charge in [-0.15, -0.1) is 0 Å². The molecule has 2 aromatic rings. The zero-order chi connectivity index (χ0) is 17.5. The molecule has 0 aromatic heterocycles. The van der Waals surface area contributed by atoms with Crippen LogP contribution in [0.4, 0.5) is 11.4 Å². The third-order valence-corrected chi connectivity index (χ3v) is 3.26. The highest BCUT2D eigenvalue weighted by Gasteiger charge is 2.04. The molecule has 0 saturated heterocycles. The van der Waals surface area contributed by atoms with Gasteiger partial charge in [-0.3, -0.25) is 9.59 Å². The number of nitrogens with zero attached hydrogens (tertiary/aromatic N) is 2. The Labute approximate surface area is 141 Å². The SMILES string of the molecule is CC(=O)Nc1ccc(/C=N/NC(=O)c2ccc(N(C)C)cc2)cc1. The van der Waals surface area contributed by atoms with Crippen LogP contribution in [0.2, 0.25) is 0 Å². The minimum Gasteiger partial charge on any atom is -0.378 e. The van der Waals surface area contributed by atoms with E-state index in [4.69, 9.17) is 0 Å². The lowest BCUT2D eigenvalue weighted by atomic mass is 10.2. The second-order valence-corrected chi connectivity index (χ2v) is 5.44. The van der Waals surface area contributed by atoms with Gasteiger partial charge in [0.1, 0.15) is 0 Å². The van der Waals surface area contributed by atoms with E-state index in [9.17, 15) is 9.59 Å². The van der Waals surface area contributed by atoms with Gasteiger partial charge in [0.15, 0.2) is 0 Å². The summed E-state index contributed by atoms with van der Waals surface area (Å²) in [6.07, 6.45) is 1.55. The van der Waals surface area contributed by atoms with Crippen molar-refractivity contribution in [3.63, 3.8) is 0 Å². The zero-order valence-electron chi connectivity index (χ0n) is 13.9. The first-order valence-electron chi connectivity index (χ1n) is 7.44. The van der Waals surface area contributed by atoms with Crippen molar-refractivity contribution in [2.45, 2.75) is 6.92 Å². The highest BCUT2D eigenvalue weighted by molar-refractivity contribution is 5.95. The molecular formula is C18H20N4O2. The minimum atomic E-state index is -0.272. The second kappa shape index (κ2) is 7.92. The standard InChI is InChI=1S/C18H20N4O2/c1-13(23)20-16-8-4-14(5-9-16)12-19-21-18(24)15-6-10-17(11-7-15)22(2)3/h4-12H,1-3H3,(H,20,23)(H,21,24)/b19-12+. The molecule has 24 heavy (non-hydrogen) atoms. The number of carbonyl (C=O) groups excluding carboxylic acids is 2. The molecule has 6 nitrogen and oxygen atoms in total. The summed E-state index contributed by atoms with van der Waals surface area (Å²) < 4.78 is 0. The fourth-order valence-electron chi connectivity index (χ4n) is 2.00. The van der Waals surface area contributed by atoms with Gasteiger partial charge < -0.3 is 10.2 Å². The molecule has 0 atom stereocenters. The second-order valence-electron chi connectivity index (χ2n) is 5.44. The van der Waals surface area contributed by atoms with Crippen LogP contribution >= 0.6 is 0 Å². The number of benzene rings is 2. The van der Waals surface area contributed by atoms with E-state index in [0.29, 0.717) is 11.3 Å². The molecule has 0 aliphatic rings. The predicted molar refractivity (Wildman–Crippen MR) is 96.6 cm³/mol. The quantitative estimate of drug-likeness (QED) is 0.655. The lowest BCUT2D eigenvalue weighted by Gasteiger charge is -2.12. The maximum atomic E-state index is 12.0. The van der Waals surface area contributed by atoms with Crippen LogP contribution in [-0.2, 0) is 4.79 Å². The molecule has 2 rings (SSSR count). The van der Waals surface area contributed by atoms with E-state index in [1.54, 1.807) is 42.6 Å². The zero-order valence-corrected chi connectivity index (χ0v) is 13.9. The Hall–Kier alpha value is -3.15. The number of hydrogen-bond acceptors (Lipinski definition) is 4. The van der Waals surface area contributed by atoms with Gasteiger partial charge in [0.2, 0.25) is 5.91 Å². The van der Waals surface area contributed by atoms with Gasteiger partial charge in [-0.25, -0.2) is 5.43 Å². The third-order valence-electron chi connectivity index (χ3n) is 3.26. The number of hydrazone groups is 1. The first-order valence-corrected chi connectivity index (χ1v) is 7.44. The van der Waals surface area contributed by atoms with E-state index in [-0.39, 0.29) is 11.8 Å². The first kappa shape index (κ1) is 17.2. The molecule has 124 valence electrons. The predicted octanol–water partition coefficient (Wildman–Crippen LogP) is 2.47. The summed E-state index contributed by atoms with van der Waals surface area (Å²) in [4.78, 5) is 24.9. The van der Waals surface area contributed by atoms with Gasteiger partial charge in [-0.1, -0.05) is 12.1 Å². The van der Waals surface area contributed by atoms with Crippen LogP contribution in [0, 0.1) is 0 Å². The molecular weight excluding hydrogens is 304 g/mol. The Morgan fingerprint density at radius 3 is 2.17 bits per heavy atom. The Morgan fingerprint density at radius 2 is 1.62 bits per heavy atom. The van der Waals surface area contributed by atoms with Crippen LogP contribution in [0.25, 0.3) is 0 Å². The summed E-state index contributed by atoms with van der Waals surface area (Å²) in [7, 11) is 3.88. The van der Waals surface area contributed by atoms with Crippen molar-refractivity contribution in [2.75, 3.05) is 24.3 Å². The van der Waals surface area contributed by atoms with Crippen molar-refractivity contribution in [1.29, 1.82) is 0 Å². The summed E-state index contributed by atoms with van der Waals surface area (Å²) in [5.41, 5.74) is 5.58. The van der Waals surface area contributed by atoms with Crippen LogP contribution < -0.4 is 15.6 Å². The fraction of sp³-hybridized carbons (Fsp3) is 0.167. The highest BCUT2D eigenvalue weighted by atomic mass is 16.2. The summed E-state index contributed by atoms with van der Waals surface area (Å²) in [6.45, 7) is 1.45. The Kier molecular flexibility index (Phi) is 5.68. The average Bonchev–Trinajstić information content (AvgIpc) is 2.56. The number of hydrogen-bond donors (Lipinski definition) is 2. The minimum absolute atomic E-state index is 0.121. The number of nitrogens with one attached hydrogen (secondary N) is 2. The van der Waals surface area contributed by atoms with Crippen LogP contribution in [-0.4, -0.2) is 32.1 Å². The molecule has 0 heterocycles. The van der Waals surface area contributed by atoms with E-state index in [1.807, 2.05) is 31.1 Å². The molecule has 0 spiro atoms. The van der Waals surface area contributed by atoms with Crippen molar-refractivity contribution < 1.29 is 9.59 Å². The van der Waals surface area contributed by atoms with Crippen molar-refractivity contribution in [3.8, 4) is 0 Å². The molecule has 0 aliphatic heterocycles. The molecule has 0 unspecified atom stereocenters. The molecule has 0 saturated carbocycles. The molecule has 0 fully saturated rings. The topological polar surface area (TPSA) is 73.8 Å². The molecule has 2 N–H and O–H groups in total. The van der Waals surface area contributed by atoms with E-state index < -0.39 is 0 Å². The fourth-order valence-corrected chi connectivity index (χ4v) is 2.00. The molecule has 2 amide bonds. The van der Waals surface area contributed by atoms with Crippen molar-refractivity contribution in [2.24, 2.45) is 5.10 Å². The molecule has 0 radical (unpaired) electrons. The molecule has 0 aliphatic carbocycles. The van der Waals surface area contributed by atoms with Crippen LogP contribution in [0.1, 0.15) is 22.8 Å². The van der Waals surface area contributed by atoms with E-state index >= 15 is 0 Å². The normalized spacial score (nSPS) is 10.5. The van der Waals surface area contributed by atoms with Gasteiger partial charge in [0, 0.05) is 38.0 Å². The number of amides is 2. The molecule has 6 heteroatoms. The van der Waals surface area contributed by atoms with Gasteiger partial charge >= 0.3 is 0 Å². The van der Waals surface area contributed by atoms with Gasteiger partial charge in [0.05, 0.1) is 6.21 Å². The molecule has 0 bridgehead atoms. The third kappa shape index (κ3) is 4.95. The van der Waals surface area contributed by atoms with E-state index in [2.05, 4.69) is 15.8 Å². The van der Waals surface area contributed by atoms with Crippen molar-refractivity contribution in [3.05, 3.63) is 59.7 Å². The highest BCUT2D eigenvalue weighted by Crippen LogP contribution is 2.12. The molecule has 2 aromatic carbocycles. The Balaban J connectivity index is 1.93. The summed E-state index contributed by atoms with van der Waals surface area (Å²) in [5.74, 6) is -0.393. The lowest BCUT2D eigenvalue weighted by molar-refractivity contribution is -0.114. The van der Waals surface area contributed by atoms with E-state index in [0.717, 1.165) is 11.3 Å². The first-order chi connectivity index (χ1) is 11.5. The van der Waals surface area contributed by atoms with E-state index in [1.165, 1.54) is 6.92 Å². The summed E-state index contributed by atoms with van der Waals surface area (Å²) in [6, 6.07) is 14.4. The number of carbonyl (C=O) groups is 2. The van der Waals surface area contributed by atoms with Gasteiger partial charge in [-0.2, -0.15) is 5.10 Å². The monoisotopic (exact) mass is 324 g/mol. The van der Waals surface area contributed by atoms with Crippen molar-refractivity contribution >= 4 is 29.4 Å². The lowest BCUT2D eigenvalue weighted by Crippen LogP contribution is -2.18. The van der Waals surface area contributed by atoms with Crippen LogP contribution in [0.15, 0.2) is 53.6 Å². The maximum absolute atomic E-state index is 12.0. The Bertz CT molecular complexity index is 735. The summed E-state index contributed by atoms with van der Waals surface area (Å²) >= 11 is 0. The smallest absolute Gasteiger partial charge is 0.271 e. The van der Waals surface area contributed by atoms with Crippen LogP contribution in [0.5, 0.6) is 0 Å².